The van der Waals surface area contributed by atoms with Crippen molar-refractivity contribution >= 4 is 24.2 Å². The number of hydrogen-bond acceptors (Lipinski definition) is 8. The van der Waals surface area contributed by atoms with Crippen molar-refractivity contribution in [2.24, 2.45) is 4.99 Å². The molecule has 1 aromatic rings. The molecule has 0 aliphatic carbocycles. The third-order valence-corrected chi connectivity index (χ3v) is 1.17. The maximum absolute atomic E-state index is 5.14. The molecule has 1 aliphatic heterocycles. The number of nitrogen functional groups attached to an aromatic ring is 3. The van der Waals surface area contributed by atoms with Gasteiger partial charge in [0, 0.05) is 0 Å². The fourth-order valence-electron chi connectivity index (χ4n) is 0.691. The van der Waals surface area contributed by atoms with Crippen LogP contribution in [0.4, 0.5) is 17.8 Å². The van der Waals surface area contributed by atoms with Crippen LogP contribution >= 0.6 is 0 Å². The van der Waals surface area contributed by atoms with E-state index >= 15 is 0 Å². The zero-order chi connectivity index (χ0) is 10.4. The van der Waals surface area contributed by atoms with Gasteiger partial charge in [-0.3, -0.25) is 4.99 Å². The van der Waals surface area contributed by atoms with Crippen molar-refractivity contribution in [2.75, 3.05) is 30.4 Å². The summed E-state index contributed by atoms with van der Waals surface area (Å²) >= 11 is 0. The highest BCUT2D eigenvalue weighted by Crippen LogP contribution is 1.97. The van der Waals surface area contributed by atoms with E-state index in [4.69, 9.17) is 17.2 Å². The molecule has 0 unspecified atom stereocenters. The Hall–Kier alpha value is -2.12. The van der Waals surface area contributed by atoms with Gasteiger partial charge in [0.25, 0.3) is 0 Å². The van der Waals surface area contributed by atoms with Gasteiger partial charge in [-0.1, -0.05) is 0 Å². The van der Waals surface area contributed by atoms with Gasteiger partial charge in [0.1, 0.15) is 6.61 Å². The molecule has 0 saturated carbocycles. The first kappa shape index (κ1) is 9.96. The Labute approximate surface area is 80.2 Å². The monoisotopic (exact) mass is 197 g/mol. The number of aromatic nitrogens is 3. The average molecular weight is 197 g/mol. The predicted octanol–water partition coefficient (Wildman–Crippen LogP) is -1.34. The summed E-state index contributed by atoms with van der Waals surface area (Å²) < 4.78 is 4.65. The van der Waals surface area contributed by atoms with Crippen molar-refractivity contribution in [1.82, 2.24) is 15.0 Å². The van der Waals surface area contributed by atoms with Gasteiger partial charge < -0.3 is 21.9 Å². The van der Waals surface area contributed by atoms with Crippen LogP contribution in [0.2, 0.25) is 0 Å². The third kappa shape index (κ3) is 3.52. The summed E-state index contributed by atoms with van der Waals surface area (Å²) in [6.45, 7) is 1.62. The van der Waals surface area contributed by atoms with E-state index in [2.05, 4.69) is 24.7 Å². The van der Waals surface area contributed by atoms with Crippen molar-refractivity contribution in [2.45, 2.75) is 0 Å². The largest absolute Gasteiger partial charge is 0.482 e. The highest BCUT2D eigenvalue weighted by molar-refractivity contribution is 5.47. The van der Waals surface area contributed by atoms with Crippen LogP contribution in [0.3, 0.4) is 0 Å². The van der Waals surface area contributed by atoms with Gasteiger partial charge in [-0.2, -0.15) is 15.0 Å². The Morgan fingerprint density at radius 2 is 1.50 bits per heavy atom. The third-order valence-electron chi connectivity index (χ3n) is 1.17. The van der Waals surface area contributed by atoms with Gasteiger partial charge in [0.15, 0.2) is 6.40 Å². The number of rotatable bonds is 0. The van der Waals surface area contributed by atoms with Crippen LogP contribution in [-0.2, 0) is 4.74 Å². The van der Waals surface area contributed by atoms with E-state index in [9.17, 15) is 0 Å². The maximum Gasteiger partial charge on any atom is 0.226 e. The lowest BCUT2D eigenvalue weighted by Gasteiger charge is -1.93. The minimum absolute atomic E-state index is 0.0417. The molecule has 2 heterocycles. The number of nitrogens with zero attached hydrogens (tertiary/aromatic N) is 4. The zero-order valence-corrected chi connectivity index (χ0v) is 7.42. The first-order valence-electron chi connectivity index (χ1n) is 3.81. The van der Waals surface area contributed by atoms with Crippen LogP contribution in [0, 0.1) is 0 Å². The van der Waals surface area contributed by atoms with Crippen molar-refractivity contribution in [3.05, 3.63) is 0 Å². The van der Waals surface area contributed by atoms with E-state index in [0.717, 1.165) is 13.2 Å². The second-order valence-corrected chi connectivity index (χ2v) is 2.29. The molecule has 6 N–H and O–H groups in total. The Morgan fingerprint density at radius 3 is 1.71 bits per heavy atom. The summed E-state index contributed by atoms with van der Waals surface area (Å²) in [5, 5.41) is 0. The van der Waals surface area contributed by atoms with Crippen molar-refractivity contribution in [3.63, 3.8) is 0 Å². The van der Waals surface area contributed by atoms with E-state index in [1.54, 1.807) is 0 Å². The molecule has 8 nitrogen and oxygen atoms in total. The first-order chi connectivity index (χ1) is 6.68. The molecule has 8 heteroatoms. The molecule has 0 bridgehead atoms. The molecule has 0 aromatic carbocycles. The number of hydrogen-bond donors (Lipinski definition) is 3. The van der Waals surface area contributed by atoms with Crippen LogP contribution < -0.4 is 17.2 Å². The summed E-state index contributed by atoms with van der Waals surface area (Å²) in [6.07, 6.45) is 1.49. The van der Waals surface area contributed by atoms with E-state index in [1.165, 1.54) is 6.40 Å². The van der Waals surface area contributed by atoms with Crippen molar-refractivity contribution in [3.8, 4) is 0 Å². The molecule has 76 valence electrons. The van der Waals surface area contributed by atoms with E-state index < -0.39 is 0 Å². The second kappa shape index (κ2) is 4.80. The maximum atomic E-state index is 5.14. The lowest BCUT2D eigenvalue weighted by molar-refractivity contribution is 0.361. The smallest absolute Gasteiger partial charge is 0.226 e. The predicted molar refractivity (Wildman–Crippen MR) is 52.4 cm³/mol. The molecular formula is C6H11N7O. The molecular weight excluding hydrogens is 186 g/mol. The fourth-order valence-corrected chi connectivity index (χ4v) is 0.691. The number of anilines is 3. The van der Waals surface area contributed by atoms with E-state index in [1.807, 2.05) is 0 Å². The molecule has 0 amide bonds. The fraction of sp³-hybridized carbons (Fsp3) is 0.333. The van der Waals surface area contributed by atoms with Crippen LogP contribution in [-0.4, -0.2) is 34.5 Å². The van der Waals surface area contributed by atoms with Gasteiger partial charge in [-0.15, -0.1) is 0 Å². The summed E-state index contributed by atoms with van der Waals surface area (Å²) in [4.78, 5) is 14.2. The summed E-state index contributed by atoms with van der Waals surface area (Å²) in [5.41, 5.74) is 15.4. The summed E-state index contributed by atoms with van der Waals surface area (Å²) in [6, 6.07) is 0. The number of ether oxygens (including phenoxy) is 1. The summed E-state index contributed by atoms with van der Waals surface area (Å²) in [5.74, 6) is 0.125. The topological polar surface area (TPSA) is 138 Å². The van der Waals surface area contributed by atoms with E-state index in [0.29, 0.717) is 0 Å². The normalized spacial score (nSPS) is 12.9. The van der Waals surface area contributed by atoms with Gasteiger partial charge in [0.05, 0.1) is 6.54 Å². The molecule has 0 spiro atoms. The van der Waals surface area contributed by atoms with Crippen LogP contribution in [0.5, 0.6) is 0 Å². The van der Waals surface area contributed by atoms with Crippen LogP contribution in [0.15, 0.2) is 4.99 Å². The van der Waals surface area contributed by atoms with Gasteiger partial charge in [0.2, 0.25) is 17.8 Å². The average Bonchev–Trinajstić information content (AvgIpc) is 2.56. The molecule has 0 fully saturated rings. The molecule has 0 radical (unpaired) electrons. The van der Waals surface area contributed by atoms with E-state index in [-0.39, 0.29) is 17.8 Å². The highest BCUT2D eigenvalue weighted by atomic mass is 16.5. The van der Waals surface area contributed by atoms with Crippen molar-refractivity contribution < 1.29 is 4.74 Å². The molecule has 1 aliphatic rings. The molecule has 0 atom stereocenters. The lowest BCUT2D eigenvalue weighted by atomic mass is 10.8. The van der Waals surface area contributed by atoms with Crippen LogP contribution in [0.1, 0.15) is 0 Å². The Bertz CT molecular complexity index is 269. The van der Waals surface area contributed by atoms with Crippen LogP contribution in [0.25, 0.3) is 0 Å². The molecule has 1 aromatic heterocycles. The van der Waals surface area contributed by atoms with Crippen molar-refractivity contribution in [1.29, 1.82) is 0 Å². The second-order valence-electron chi connectivity index (χ2n) is 2.29. The quantitative estimate of drug-likeness (QED) is 0.468. The van der Waals surface area contributed by atoms with Gasteiger partial charge >= 0.3 is 0 Å². The number of aliphatic imine (C=N–C) groups is 1. The minimum atomic E-state index is 0.0417. The Kier molecular flexibility index (Phi) is 3.41. The molecule has 0 saturated heterocycles. The minimum Gasteiger partial charge on any atom is -0.482 e. The molecule has 14 heavy (non-hydrogen) atoms. The SMILES string of the molecule is C1=NCCO1.Nc1nc(N)nc(N)n1. The molecule has 2 rings (SSSR count). The lowest BCUT2D eigenvalue weighted by Crippen LogP contribution is -2.05. The van der Waals surface area contributed by atoms with Gasteiger partial charge in [-0.25, -0.2) is 0 Å². The standard InChI is InChI=1S/C3H6N6.C3H5NO/c4-1-7-2(5)9-3(6)8-1;1-2-5-3-4-1/h(H6,4,5,6,7,8,9);3H,1-2H2. The Morgan fingerprint density at radius 1 is 1.00 bits per heavy atom. The number of nitrogens with two attached hydrogens (primary N) is 3. The Balaban J connectivity index is 0.000000165. The summed E-state index contributed by atoms with van der Waals surface area (Å²) in [7, 11) is 0. The zero-order valence-electron chi connectivity index (χ0n) is 7.42. The highest BCUT2D eigenvalue weighted by Gasteiger charge is 1.93. The first-order valence-corrected chi connectivity index (χ1v) is 3.81. The van der Waals surface area contributed by atoms with Gasteiger partial charge in [-0.05, 0) is 0 Å².